The van der Waals surface area contributed by atoms with Gasteiger partial charge < -0.3 is 0 Å². The molecule has 2 nitrogen and oxygen atoms in total. The highest BCUT2D eigenvalue weighted by molar-refractivity contribution is 6.25. The molecule has 0 atom stereocenters. The fourth-order valence-electron chi connectivity index (χ4n) is 8.08. The van der Waals surface area contributed by atoms with Crippen molar-refractivity contribution in [1.29, 1.82) is 0 Å². The second-order valence-electron chi connectivity index (χ2n) is 13.6. The predicted octanol–water partition coefficient (Wildman–Crippen LogP) is 12.1. The molecule has 0 unspecified atom stereocenters. The molecule has 0 N–H and O–H groups in total. The number of rotatable bonds is 3. The van der Waals surface area contributed by atoms with Crippen molar-refractivity contribution in [2.24, 2.45) is 0 Å². The molecule has 8 aromatic carbocycles. The number of aromatic nitrogens is 2. The summed E-state index contributed by atoms with van der Waals surface area (Å²) < 4.78 is 2.34. The number of hydrogen-bond donors (Lipinski definition) is 0. The first-order valence-electron chi connectivity index (χ1n) is 16.7. The molecule has 1 aliphatic rings. The van der Waals surface area contributed by atoms with Crippen molar-refractivity contribution in [3.8, 4) is 39.1 Å². The highest BCUT2D eigenvalue weighted by Gasteiger charge is 2.38. The van der Waals surface area contributed by atoms with Crippen LogP contribution in [0.3, 0.4) is 0 Å². The van der Waals surface area contributed by atoms with Crippen LogP contribution >= 0.6 is 0 Å². The van der Waals surface area contributed by atoms with Gasteiger partial charge in [-0.2, -0.15) is 0 Å². The van der Waals surface area contributed by atoms with Gasteiger partial charge in [-0.1, -0.05) is 121 Å². The van der Waals surface area contributed by atoms with Crippen molar-refractivity contribution in [1.82, 2.24) is 9.55 Å². The van der Waals surface area contributed by atoms with Crippen molar-refractivity contribution in [2.45, 2.75) is 19.3 Å². The van der Waals surface area contributed by atoms with Gasteiger partial charge in [0.2, 0.25) is 0 Å². The second-order valence-corrected chi connectivity index (χ2v) is 13.6. The Labute approximate surface area is 279 Å². The van der Waals surface area contributed by atoms with Gasteiger partial charge in [0, 0.05) is 0 Å². The van der Waals surface area contributed by atoms with Gasteiger partial charge in [-0.3, -0.25) is 4.57 Å². The van der Waals surface area contributed by atoms with Gasteiger partial charge in [-0.15, -0.1) is 0 Å². The lowest BCUT2D eigenvalue weighted by Crippen LogP contribution is -2.16. The molecule has 2 heteroatoms. The highest BCUT2D eigenvalue weighted by Crippen LogP contribution is 2.45. The van der Waals surface area contributed by atoms with E-state index in [9.17, 15) is 0 Å². The van der Waals surface area contributed by atoms with E-state index in [1.54, 1.807) is 0 Å². The van der Waals surface area contributed by atoms with Gasteiger partial charge in [0.15, 0.2) is 0 Å². The molecule has 0 aliphatic carbocycles. The first-order chi connectivity index (χ1) is 23.5. The molecule has 0 saturated carbocycles. The zero-order chi connectivity index (χ0) is 32.0. The third kappa shape index (κ3) is 3.90. The Hall–Kier alpha value is -5.99. The van der Waals surface area contributed by atoms with Crippen LogP contribution in [0.15, 0.2) is 158 Å². The molecule has 0 saturated heterocycles. The van der Waals surface area contributed by atoms with Crippen molar-refractivity contribution >= 4 is 43.4 Å². The van der Waals surface area contributed by atoms with E-state index in [4.69, 9.17) is 4.98 Å². The average Bonchev–Trinajstić information content (AvgIpc) is 3.64. The van der Waals surface area contributed by atoms with E-state index < -0.39 is 0 Å². The molecule has 0 spiro atoms. The monoisotopic (exact) mass is 612 g/mol. The fourth-order valence-corrected chi connectivity index (χ4v) is 8.08. The number of para-hydroxylation sites is 1. The zero-order valence-corrected chi connectivity index (χ0v) is 26.9. The average molecular weight is 613 g/mol. The van der Waals surface area contributed by atoms with Crippen LogP contribution < -0.4 is 0 Å². The minimum absolute atomic E-state index is 0.132. The Balaban J connectivity index is 1.04. The van der Waals surface area contributed by atoms with Crippen molar-refractivity contribution < 1.29 is 0 Å². The summed E-state index contributed by atoms with van der Waals surface area (Å²) in [6.07, 6.45) is 0. The molecule has 10 rings (SSSR count). The lowest BCUT2D eigenvalue weighted by atomic mass is 9.86. The Morgan fingerprint density at radius 3 is 1.52 bits per heavy atom. The zero-order valence-electron chi connectivity index (χ0n) is 26.9. The highest BCUT2D eigenvalue weighted by atomic mass is 15.1. The minimum atomic E-state index is -0.132. The summed E-state index contributed by atoms with van der Waals surface area (Å²) in [6, 6.07) is 57.7. The van der Waals surface area contributed by atoms with Crippen LogP contribution in [0.1, 0.15) is 25.2 Å². The van der Waals surface area contributed by atoms with Crippen LogP contribution in [0.2, 0.25) is 0 Å². The molecule has 1 aromatic heterocycles. The molecule has 1 aliphatic heterocycles. The first kappa shape index (κ1) is 27.2. The summed E-state index contributed by atoms with van der Waals surface area (Å²) in [6.45, 7) is 4.55. The van der Waals surface area contributed by atoms with Crippen LogP contribution in [0.25, 0.3) is 82.4 Å². The fraction of sp³-hybridized carbons (Fsp3) is 0.0652. The molecule has 2 heterocycles. The van der Waals surface area contributed by atoms with E-state index in [2.05, 4.69) is 176 Å². The van der Waals surface area contributed by atoms with Gasteiger partial charge in [0.1, 0.15) is 5.82 Å². The lowest BCUT2D eigenvalue weighted by Gasteiger charge is -2.17. The maximum absolute atomic E-state index is 5.19. The maximum atomic E-state index is 5.19. The molecular formula is C46H32N2. The summed E-state index contributed by atoms with van der Waals surface area (Å²) in [7, 11) is 0. The smallest absolute Gasteiger partial charge is 0.124 e. The summed E-state index contributed by atoms with van der Waals surface area (Å²) in [5.41, 5.74) is 11.9. The lowest BCUT2D eigenvalue weighted by molar-refractivity contribution is 0.621. The molecule has 0 radical (unpaired) electrons. The third-order valence-electron chi connectivity index (χ3n) is 10.5. The summed E-state index contributed by atoms with van der Waals surface area (Å²) in [4.78, 5) is 5.19. The third-order valence-corrected chi connectivity index (χ3v) is 10.5. The molecule has 9 aromatic rings. The largest absolute Gasteiger partial charge is 0.295 e. The summed E-state index contributed by atoms with van der Waals surface area (Å²) in [5, 5.41) is 7.79. The van der Waals surface area contributed by atoms with Gasteiger partial charge in [0.05, 0.1) is 22.1 Å². The van der Waals surface area contributed by atoms with Crippen LogP contribution in [0.5, 0.6) is 0 Å². The SMILES string of the molecule is CC1(C)c2ccccc2-n2c1nc1cc(-c3cccc(-c4cccc(-c5ccc6c7ccccc7c7ccccc7c6c5)c4)c3)ccc12. The van der Waals surface area contributed by atoms with E-state index in [1.807, 2.05) is 0 Å². The first-order valence-corrected chi connectivity index (χ1v) is 16.7. The van der Waals surface area contributed by atoms with Crippen LogP contribution in [-0.4, -0.2) is 9.55 Å². The van der Waals surface area contributed by atoms with Crippen molar-refractivity contribution in [3.05, 3.63) is 169 Å². The number of imidazole rings is 1. The van der Waals surface area contributed by atoms with E-state index in [-0.39, 0.29) is 5.41 Å². The molecule has 226 valence electrons. The normalized spacial score (nSPS) is 13.4. The minimum Gasteiger partial charge on any atom is -0.295 e. The van der Waals surface area contributed by atoms with Gasteiger partial charge in [0.25, 0.3) is 0 Å². The van der Waals surface area contributed by atoms with E-state index in [1.165, 1.54) is 76.9 Å². The Morgan fingerprint density at radius 1 is 0.417 bits per heavy atom. The number of fused-ring (bicyclic) bond motifs is 11. The van der Waals surface area contributed by atoms with Crippen LogP contribution in [0.4, 0.5) is 0 Å². The standard InChI is InChI=1S/C46H32N2/c1-46(2)41-19-7-8-20-43(41)48-44-24-22-34(28-42(44)47-45(46)48)32-14-10-12-30(26-32)29-11-9-13-31(25-29)33-21-23-39-37-17-4-3-15-35(37)36-16-5-6-18-38(36)40(39)27-33/h3-28H,1-2H3. The molecule has 0 amide bonds. The topological polar surface area (TPSA) is 17.8 Å². The molecule has 0 fully saturated rings. The Kier molecular flexibility index (Phi) is 5.66. The van der Waals surface area contributed by atoms with Crippen molar-refractivity contribution in [3.63, 3.8) is 0 Å². The van der Waals surface area contributed by atoms with E-state index in [0.29, 0.717) is 0 Å². The van der Waals surface area contributed by atoms with E-state index in [0.717, 1.165) is 16.9 Å². The van der Waals surface area contributed by atoms with Crippen LogP contribution in [-0.2, 0) is 5.41 Å². The van der Waals surface area contributed by atoms with E-state index >= 15 is 0 Å². The number of benzene rings is 8. The Bertz CT molecular complexity index is 2730. The van der Waals surface area contributed by atoms with Gasteiger partial charge in [-0.05, 0) is 122 Å². The molecule has 0 bridgehead atoms. The number of hydrogen-bond acceptors (Lipinski definition) is 1. The van der Waals surface area contributed by atoms with Crippen LogP contribution in [0, 0.1) is 0 Å². The summed E-state index contributed by atoms with van der Waals surface area (Å²) in [5.74, 6) is 1.11. The molecular weight excluding hydrogens is 581 g/mol. The Morgan fingerprint density at radius 2 is 0.896 bits per heavy atom. The second kappa shape index (κ2) is 10.0. The maximum Gasteiger partial charge on any atom is 0.124 e. The number of nitrogens with zero attached hydrogens (tertiary/aromatic N) is 2. The van der Waals surface area contributed by atoms with Gasteiger partial charge in [-0.25, -0.2) is 4.98 Å². The molecule has 48 heavy (non-hydrogen) atoms. The predicted molar refractivity (Wildman–Crippen MR) is 202 cm³/mol. The summed E-state index contributed by atoms with van der Waals surface area (Å²) >= 11 is 0. The van der Waals surface area contributed by atoms with Crippen molar-refractivity contribution in [2.75, 3.05) is 0 Å². The quantitative estimate of drug-likeness (QED) is 0.182. The van der Waals surface area contributed by atoms with Gasteiger partial charge >= 0.3 is 0 Å².